The van der Waals surface area contributed by atoms with Crippen molar-refractivity contribution in [1.82, 2.24) is 14.8 Å². The minimum absolute atomic E-state index is 0.0308. The Labute approximate surface area is 176 Å². The van der Waals surface area contributed by atoms with E-state index in [9.17, 15) is 23.1 Å². The van der Waals surface area contributed by atoms with Crippen LogP contribution in [0.2, 0.25) is 0 Å². The van der Waals surface area contributed by atoms with Crippen molar-refractivity contribution in [2.24, 2.45) is 0 Å². The van der Waals surface area contributed by atoms with Crippen LogP contribution >= 0.6 is 0 Å². The SMILES string of the molecule is CCC(O)Cn1cc(NC(=O)c2cc(COc3cccc(C(F)(F)F)c3)ccn2)cn1. The largest absolute Gasteiger partial charge is 0.489 e. The predicted octanol–water partition coefficient (Wildman–Crippen LogP) is 3.90. The number of nitrogens with one attached hydrogen (secondary N) is 1. The summed E-state index contributed by atoms with van der Waals surface area (Å²) in [5, 5.41) is 16.4. The van der Waals surface area contributed by atoms with Crippen LogP contribution in [-0.4, -0.2) is 31.9 Å². The standard InChI is InChI=1S/C21H21F3N4O3/c1-2-17(29)12-28-11-16(10-26-28)27-20(30)19-8-14(6-7-25-19)13-31-18-5-3-4-15(9-18)21(22,23)24/h3-11,17,29H,2,12-13H2,1H3,(H,27,30). The van der Waals surface area contributed by atoms with Gasteiger partial charge in [0.15, 0.2) is 0 Å². The van der Waals surface area contributed by atoms with Gasteiger partial charge in [-0.05, 0) is 42.3 Å². The van der Waals surface area contributed by atoms with E-state index < -0.39 is 23.8 Å². The molecule has 164 valence electrons. The number of hydrogen-bond acceptors (Lipinski definition) is 5. The molecule has 3 rings (SSSR count). The van der Waals surface area contributed by atoms with Crippen LogP contribution in [0.4, 0.5) is 18.9 Å². The summed E-state index contributed by atoms with van der Waals surface area (Å²) in [7, 11) is 0. The van der Waals surface area contributed by atoms with Crippen molar-refractivity contribution < 1.29 is 27.8 Å². The van der Waals surface area contributed by atoms with Gasteiger partial charge in [-0.25, -0.2) is 0 Å². The molecular formula is C21H21F3N4O3. The maximum atomic E-state index is 12.8. The van der Waals surface area contributed by atoms with Gasteiger partial charge in [-0.3, -0.25) is 14.5 Å². The predicted molar refractivity (Wildman–Crippen MR) is 106 cm³/mol. The van der Waals surface area contributed by atoms with E-state index in [1.165, 1.54) is 35.3 Å². The Morgan fingerprint density at radius 1 is 1.29 bits per heavy atom. The fourth-order valence-electron chi connectivity index (χ4n) is 2.69. The molecule has 1 unspecified atom stereocenters. The lowest BCUT2D eigenvalue weighted by molar-refractivity contribution is -0.137. The molecule has 7 nitrogen and oxygen atoms in total. The van der Waals surface area contributed by atoms with Crippen LogP contribution in [0.25, 0.3) is 0 Å². The zero-order chi connectivity index (χ0) is 22.4. The highest BCUT2D eigenvalue weighted by atomic mass is 19.4. The molecule has 2 heterocycles. The Hall–Kier alpha value is -3.40. The Bertz CT molecular complexity index is 1040. The van der Waals surface area contributed by atoms with Crippen LogP contribution in [0, 0.1) is 0 Å². The number of anilines is 1. The van der Waals surface area contributed by atoms with Crippen molar-refractivity contribution in [2.75, 3.05) is 5.32 Å². The summed E-state index contributed by atoms with van der Waals surface area (Å²) >= 11 is 0. The van der Waals surface area contributed by atoms with Gasteiger partial charge in [0, 0.05) is 12.4 Å². The van der Waals surface area contributed by atoms with Crippen LogP contribution in [0.3, 0.4) is 0 Å². The van der Waals surface area contributed by atoms with Crippen LogP contribution in [0.1, 0.15) is 35.0 Å². The molecule has 3 aromatic rings. The number of hydrogen-bond donors (Lipinski definition) is 2. The number of ether oxygens (including phenoxy) is 1. The van der Waals surface area contributed by atoms with Crippen LogP contribution in [-0.2, 0) is 19.3 Å². The minimum atomic E-state index is -4.45. The molecule has 0 aliphatic rings. The van der Waals surface area contributed by atoms with Gasteiger partial charge in [-0.15, -0.1) is 0 Å². The number of aromatic nitrogens is 3. The summed E-state index contributed by atoms with van der Waals surface area (Å²) in [4.78, 5) is 16.5. The van der Waals surface area contributed by atoms with Crippen molar-refractivity contribution in [3.05, 3.63) is 71.8 Å². The molecule has 0 radical (unpaired) electrons. The number of carbonyl (C=O) groups is 1. The Morgan fingerprint density at radius 2 is 2.10 bits per heavy atom. The average Bonchev–Trinajstić information content (AvgIpc) is 3.18. The quantitative estimate of drug-likeness (QED) is 0.561. The number of aliphatic hydroxyl groups is 1. The second-order valence-electron chi connectivity index (χ2n) is 6.83. The molecule has 1 aromatic carbocycles. The number of pyridine rings is 1. The molecule has 31 heavy (non-hydrogen) atoms. The molecule has 0 saturated carbocycles. The van der Waals surface area contributed by atoms with E-state index in [2.05, 4.69) is 15.4 Å². The molecule has 10 heteroatoms. The lowest BCUT2D eigenvalue weighted by atomic mass is 10.2. The molecule has 0 aliphatic carbocycles. The van der Waals surface area contributed by atoms with Crippen LogP contribution < -0.4 is 10.1 Å². The smallest absolute Gasteiger partial charge is 0.416 e. The third-order valence-corrected chi connectivity index (χ3v) is 4.38. The molecule has 2 N–H and O–H groups in total. The zero-order valence-corrected chi connectivity index (χ0v) is 16.6. The van der Waals surface area contributed by atoms with E-state index in [-0.39, 0.29) is 18.1 Å². The van der Waals surface area contributed by atoms with Crippen molar-refractivity contribution in [2.45, 2.75) is 38.8 Å². The number of alkyl halides is 3. The van der Waals surface area contributed by atoms with E-state index in [0.29, 0.717) is 24.2 Å². The van der Waals surface area contributed by atoms with Gasteiger partial charge in [-0.1, -0.05) is 13.0 Å². The highest BCUT2D eigenvalue weighted by Gasteiger charge is 2.30. The number of amides is 1. The number of carbonyl (C=O) groups excluding carboxylic acids is 1. The fraction of sp³-hybridized carbons (Fsp3) is 0.286. The maximum Gasteiger partial charge on any atom is 0.416 e. The van der Waals surface area contributed by atoms with Gasteiger partial charge < -0.3 is 15.2 Å². The maximum absolute atomic E-state index is 12.8. The first kappa shape index (κ1) is 22.3. The highest BCUT2D eigenvalue weighted by molar-refractivity contribution is 6.02. The van der Waals surface area contributed by atoms with E-state index in [1.54, 1.807) is 12.3 Å². The van der Waals surface area contributed by atoms with E-state index in [1.807, 2.05) is 6.92 Å². The van der Waals surface area contributed by atoms with Gasteiger partial charge in [0.05, 0.1) is 30.1 Å². The minimum Gasteiger partial charge on any atom is -0.489 e. The molecule has 0 saturated heterocycles. The number of rotatable bonds is 8. The first-order valence-corrected chi connectivity index (χ1v) is 9.51. The first-order valence-electron chi connectivity index (χ1n) is 9.51. The van der Waals surface area contributed by atoms with E-state index in [0.717, 1.165) is 12.1 Å². The molecule has 0 bridgehead atoms. The molecule has 0 fully saturated rings. The monoisotopic (exact) mass is 434 g/mol. The van der Waals surface area contributed by atoms with Crippen molar-refractivity contribution in [3.8, 4) is 5.75 Å². The van der Waals surface area contributed by atoms with E-state index >= 15 is 0 Å². The Balaban J connectivity index is 1.62. The summed E-state index contributed by atoms with van der Waals surface area (Å²) in [5.74, 6) is -0.407. The van der Waals surface area contributed by atoms with Crippen LogP contribution in [0.15, 0.2) is 55.0 Å². The molecule has 1 atom stereocenters. The first-order chi connectivity index (χ1) is 14.7. The van der Waals surface area contributed by atoms with Gasteiger partial charge in [0.1, 0.15) is 18.1 Å². The number of benzene rings is 1. The zero-order valence-electron chi connectivity index (χ0n) is 16.6. The summed E-state index contributed by atoms with van der Waals surface area (Å²) in [6, 6.07) is 7.68. The van der Waals surface area contributed by atoms with E-state index in [4.69, 9.17) is 4.74 Å². The van der Waals surface area contributed by atoms with Gasteiger partial charge in [0.2, 0.25) is 0 Å². The van der Waals surface area contributed by atoms with Gasteiger partial charge in [-0.2, -0.15) is 18.3 Å². The molecule has 0 aliphatic heterocycles. The summed E-state index contributed by atoms with van der Waals surface area (Å²) in [6.45, 7) is 2.14. The van der Waals surface area contributed by atoms with Crippen molar-refractivity contribution >= 4 is 11.6 Å². The summed E-state index contributed by atoms with van der Waals surface area (Å²) in [5.41, 5.74) is 0.332. The average molecular weight is 434 g/mol. The molecule has 2 aromatic heterocycles. The third-order valence-electron chi connectivity index (χ3n) is 4.38. The number of halogens is 3. The highest BCUT2D eigenvalue weighted by Crippen LogP contribution is 2.31. The lowest BCUT2D eigenvalue weighted by Gasteiger charge is -2.10. The molecule has 0 spiro atoms. The Kier molecular flexibility index (Phi) is 6.91. The molecular weight excluding hydrogens is 413 g/mol. The number of aliphatic hydroxyl groups excluding tert-OH is 1. The second-order valence-corrected chi connectivity index (χ2v) is 6.83. The summed E-state index contributed by atoms with van der Waals surface area (Å²) in [6.07, 6.45) is 0.0717. The van der Waals surface area contributed by atoms with Crippen LogP contribution in [0.5, 0.6) is 5.75 Å². The third kappa shape index (κ3) is 6.29. The van der Waals surface area contributed by atoms with Crippen molar-refractivity contribution in [3.63, 3.8) is 0 Å². The Morgan fingerprint density at radius 3 is 2.84 bits per heavy atom. The van der Waals surface area contributed by atoms with Gasteiger partial charge >= 0.3 is 6.18 Å². The summed E-state index contributed by atoms with van der Waals surface area (Å²) < 4.78 is 45.4. The van der Waals surface area contributed by atoms with Crippen molar-refractivity contribution in [1.29, 1.82) is 0 Å². The topological polar surface area (TPSA) is 89.3 Å². The normalized spacial score (nSPS) is 12.4. The fourth-order valence-corrected chi connectivity index (χ4v) is 2.69. The second kappa shape index (κ2) is 9.61. The lowest BCUT2D eigenvalue weighted by Crippen LogP contribution is -2.15. The van der Waals surface area contributed by atoms with Gasteiger partial charge in [0.25, 0.3) is 5.91 Å². The molecule has 1 amide bonds. The number of nitrogens with zero attached hydrogens (tertiary/aromatic N) is 3.